The number of carboxylic acids is 1. The first kappa shape index (κ1) is 11.6. The monoisotopic (exact) mass is 230 g/mol. The predicted molar refractivity (Wildman–Crippen MR) is 61.7 cm³/mol. The number of carboxylic acid groups (broad SMARTS) is 1. The molecule has 0 atom stereocenters. The highest BCUT2D eigenvalue weighted by Crippen LogP contribution is 2.34. The summed E-state index contributed by atoms with van der Waals surface area (Å²) in [7, 11) is 0. The van der Waals surface area contributed by atoms with Gasteiger partial charge in [-0.2, -0.15) is 5.26 Å². The van der Waals surface area contributed by atoms with Crippen molar-refractivity contribution in [3.63, 3.8) is 0 Å². The van der Waals surface area contributed by atoms with E-state index in [0.29, 0.717) is 5.69 Å². The third kappa shape index (κ3) is 2.44. The molecular weight excluding hydrogens is 216 g/mol. The fourth-order valence-corrected chi connectivity index (χ4v) is 2.46. The van der Waals surface area contributed by atoms with Crippen LogP contribution in [0.3, 0.4) is 0 Å². The molecule has 0 aliphatic heterocycles. The lowest BCUT2D eigenvalue weighted by Crippen LogP contribution is -2.11. The maximum atomic E-state index is 11.1. The molecule has 4 nitrogen and oxygen atoms in total. The minimum Gasteiger partial charge on any atom is -0.478 e. The topological polar surface area (TPSA) is 74.0 Å². The summed E-state index contributed by atoms with van der Waals surface area (Å²) >= 11 is 0. The molecule has 0 spiro atoms. The van der Waals surface area contributed by atoms with Gasteiger partial charge in [0.1, 0.15) is 11.8 Å². The second kappa shape index (κ2) is 4.96. The van der Waals surface area contributed by atoms with Gasteiger partial charge < -0.3 is 5.11 Å². The van der Waals surface area contributed by atoms with Gasteiger partial charge in [0, 0.05) is 6.20 Å². The van der Waals surface area contributed by atoms with E-state index in [4.69, 9.17) is 10.4 Å². The number of hydrogen-bond donors (Lipinski definition) is 1. The lowest BCUT2D eigenvalue weighted by atomic mass is 9.82. The van der Waals surface area contributed by atoms with Crippen LogP contribution in [0.2, 0.25) is 0 Å². The van der Waals surface area contributed by atoms with E-state index in [0.717, 1.165) is 31.2 Å². The van der Waals surface area contributed by atoms with E-state index in [-0.39, 0.29) is 11.5 Å². The fourth-order valence-electron chi connectivity index (χ4n) is 2.46. The Bertz CT molecular complexity index is 471. The molecule has 1 heterocycles. The molecule has 1 aliphatic carbocycles. The lowest BCUT2D eigenvalue weighted by molar-refractivity contribution is 0.0694. The zero-order valence-electron chi connectivity index (χ0n) is 9.52. The van der Waals surface area contributed by atoms with E-state index in [1.165, 1.54) is 12.6 Å². The van der Waals surface area contributed by atoms with Crippen molar-refractivity contribution in [2.45, 2.75) is 38.0 Å². The first-order valence-electron chi connectivity index (χ1n) is 5.85. The SMILES string of the molecule is N#Cc1cc(C2CCCCC2)c(C(=O)O)cn1. The second-order valence-electron chi connectivity index (χ2n) is 4.41. The van der Waals surface area contributed by atoms with Crippen LogP contribution in [0.15, 0.2) is 12.3 Å². The van der Waals surface area contributed by atoms with Crippen LogP contribution in [-0.4, -0.2) is 16.1 Å². The third-order valence-electron chi connectivity index (χ3n) is 3.33. The van der Waals surface area contributed by atoms with Crippen molar-refractivity contribution in [2.24, 2.45) is 0 Å². The van der Waals surface area contributed by atoms with Crippen LogP contribution in [0, 0.1) is 11.3 Å². The molecule has 1 fully saturated rings. The standard InChI is InChI=1S/C13H14N2O2/c14-7-10-6-11(9-4-2-1-3-5-9)12(8-15-10)13(16)17/h6,8-9H,1-5H2,(H,16,17). The van der Waals surface area contributed by atoms with Crippen molar-refractivity contribution in [2.75, 3.05) is 0 Å². The number of carbonyl (C=O) groups is 1. The largest absolute Gasteiger partial charge is 0.478 e. The van der Waals surface area contributed by atoms with Crippen molar-refractivity contribution < 1.29 is 9.90 Å². The zero-order valence-corrected chi connectivity index (χ0v) is 9.52. The maximum Gasteiger partial charge on any atom is 0.337 e. The number of hydrogen-bond acceptors (Lipinski definition) is 3. The molecule has 0 aromatic carbocycles. The maximum absolute atomic E-state index is 11.1. The van der Waals surface area contributed by atoms with Crippen molar-refractivity contribution in [3.05, 3.63) is 29.1 Å². The highest BCUT2D eigenvalue weighted by Gasteiger charge is 2.22. The molecule has 17 heavy (non-hydrogen) atoms. The van der Waals surface area contributed by atoms with E-state index in [2.05, 4.69) is 4.98 Å². The van der Waals surface area contributed by atoms with Gasteiger partial charge in [-0.05, 0) is 30.4 Å². The third-order valence-corrected chi connectivity index (χ3v) is 3.33. The summed E-state index contributed by atoms with van der Waals surface area (Å²) in [5.74, 6) is -0.687. The number of aromatic carboxylic acids is 1. The Morgan fingerprint density at radius 3 is 2.71 bits per heavy atom. The van der Waals surface area contributed by atoms with E-state index >= 15 is 0 Å². The Hall–Kier alpha value is -1.89. The molecular formula is C13H14N2O2. The van der Waals surface area contributed by atoms with Gasteiger partial charge in [0.15, 0.2) is 0 Å². The number of nitrogens with zero attached hydrogens (tertiary/aromatic N) is 2. The molecule has 0 radical (unpaired) electrons. The highest BCUT2D eigenvalue weighted by atomic mass is 16.4. The Labute approximate surface area is 99.9 Å². The van der Waals surface area contributed by atoms with Crippen molar-refractivity contribution in [1.29, 1.82) is 5.26 Å². The van der Waals surface area contributed by atoms with Crippen molar-refractivity contribution >= 4 is 5.97 Å². The molecule has 1 aliphatic rings. The van der Waals surface area contributed by atoms with Crippen molar-refractivity contribution in [1.82, 2.24) is 4.98 Å². The highest BCUT2D eigenvalue weighted by molar-refractivity contribution is 5.89. The first-order chi connectivity index (χ1) is 8.22. The quantitative estimate of drug-likeness (QED) is 0.847. The van der Waals surface area contributed by atoms with Gasteiger partial charge in [-0.15, -0.1) is 0 Å². The summed E-state index contributed by atoms with van der Waals surface area (Å²) in [5.41, 5.74) is 1.33. The van der Waals surface area contributed by atoms with Crippen LogP contribution in [0.4, 0.5) is 0 Å². The fraction of sp³-hybridized carbons (Fsp3) is 0.462. The molecule has 0 bridgehead atoms. The van der Waals surface area contributed by atoms with E-state index in [9.17, 15) is 4.79 Å². The van der Waals surface area contributed by atoms with Gasteiger partial charge in [-0.25, -0.2) is 9.78 Å². The molecule has 0 saturated heterocycles. The Balaban J connectivity index is 2.41. The second-order valence-corrected chi connectivity index (χ2v) is 4.41. The normalized spacial score (nSPS) is 16.4. The molecule has 4 heteroatoms. The zero-order chi connectivity index (χ0) is 12.3. The summed E-state index contributed by atoms with van der Waals surface area (Å²) in [6, 6.07) is 3.61. The van der Waals surface area contributed by atoms with Crippen LogP contribution < -0.4 is 0 Å². The molecule has 1 saturated carbocycles. The van der Waals surface area contributed by atoms with Crippen LogP contribution in [0.1, 0.15) is 59.6 Å². The molecule has 1 aromatic rings. The smallest absolute Gasteiger partial charge is 0.337 e. The summed E-state index contributed by atoms with van der Waals surface area (Å²) in [6.45, 7) is 0. The summed E-state index contributed by atoms with van der Waals surface area (Å²) < 4.78 is 0. The van der Waals surface area contributed by atoms with Gasteiger partial charge in [0.25, 0.3) is 0 Å². The van der Waals surface area contributed by atoms with Gasteiger partial charge in [0.05, 0.1) is 5.56 Å². The molecule has 0 amide bonds. The minimum atomic E-state index is -0.956. The van der Waals surface area contributed by atoms with Crippen LogP contribution in [0.25, 0.3) is 0 Å². The van der Waals surface area contributed by atoms with E-state index < -0.39 is 5.97 Å². The summed E-state index contributed by atoms with van der Waals surface area (Å²) in [4.78, 5) is 15.0. The number of rotatable bonds is 2. The molecule has 1 N–H and O–H groups in total. The summed E-state index contributed by atoms with van der Waals surface area (Å²) in [5, 5.41) is 18.0. The average molecular weight is 230 g/mol. The minimum absolute atomic E-state index is 0.246. The van der Waals surface area contributed by atoms with E-state index in [1.807, 2.05) is 6.07 Å². The van der Waals surface area contributed by atoms with Gasteiger partial charge in [-0.1, -0.05) is 19.3 Å². The van der Waals surface area contributed by atoms with Gasteiger partial charge in [-0.3, -0.25) is 0 Å². The van der Waals surface area contributed by atoms with Crippen LogP contribution in [-0.2, 0) is 0 Å². The molecule has 0 unspecified atom stereocenters. The first-order valence-corrected chi connectivity index (χ1v) is 5.85. The van der Waals surface area contributed by atoms with Gasteiger partial charge in [0.2, 0.25) is 0 Å². The predicted octanol–water partition coefficient (Wildman–Crippen LogP) is 2.70. The molecule has 2 rings (SSSR count). The Kier molecular flexibility index (Phi) is 3.38. The molecule has 1 aromatic heterocycles. The van der Waals surface area contributed by atoms with Crippen LogP contribution >= 0.6 is 0 Å². The molecule has 88 valence electrons. The lowest BCUT2D eigenvalue weighted by Gasteiger charge is -2.23. The van der Waals surface area contributed by atoms with E-state index in [1.54, 1.807) is 6.07 Å². The van der Waals surface area contributed by atoms with Crippen molar-refractivity contribution in [3.8, 4) is 6.07 Å². The average Bonchev–Trinajstić information content (AvgIpc) is 2.39. The summed E-state index contributed by atoms with van der Waals surface area (Å²) in [6.07, 6.45) is 6.81. The Morgan fingerprint density at radius 2 is 2.12 bits per heavy atom. The van der Waals surface area contributed by atoms with Gasteiger partial charge >= 0.3 is 5.97 Å². The number of pyridine rings is 1. The number of nitriles is 1. The Morgan fingerprint density at radius 1 is 1.41 bits per heavy atom. The van der Waals surface area contributed by atoms with Crippen LogP contribution in [0.5, 0.6) is 0 Å². The number of aromatic nitrogens is 1.